The summed E-state index contributed by atoms with van der Waals surface area (Å²) in [5, 5.41) is 32.3. The fourth-order valence-corrected chi connectivity index (χ4v) is 2.88. The van der Waals surface area contributed by atoms with Crippen LogP contribution in [-0.2, 0) is 9.47 Å². The van der Waals surface area contributed by atoms with Crippen LogP contribution in [0.2, 0.25) is 0 Å². The Labute approximate surface area is 218 Å². The van der Waals surface area contributed by atoms with Gasteiger partial charge in [-0.2, -0.15) is 0 Å². The highest BCUT2D eigenvalue weighted by atomic mass is 16.7. The number of non-ortho nitro benzene ring substituents is 3. The van der Waals surface area contributed by atoms with E-state index in [1.807, 2.05) is 0 Å². The summed E-state index contributed by atoms with van der Waals surface area (Å²) in [4.78, 5) is 54.7. The zero-order chi connectivity index (χ0) is 28.4. The Morgan fingerprint density at radius 1 is 0.590 bits per heavy atom. The molecule has 0 aromatic heterocycles. The highest BCUT2D eigenvalue weighted by Crippen LogP contribution is 2.20. The van der Waals surface area contributed by atoms with Crippen LogP contribution in [-0.4, -0.2) is 40.3 Å². The van der Waals surface area contributed by atoms with Gasteiger partial charge in [0, 0.05) is 42.0 Å². The van der Waals surface area contributed by atoms with E-state index in [-0.39, 0.29) is 34.1 Å². The maximum atomic E-state index is 12.1. The van der Waals surface area contributed by atoms with E-state index >= 15 is 0 Å². The number of nitro benzene ring substituents is 3. The number of ether oxygens (including phenoxy) is 4. The van der Waals surface area contributed by atoms with E-state index < -0.39 is 40.3 Å². The number of hydrogen-bond donors (Lipinski definition) is 0. The first-order chi connectivity index (χ1) is 18.6. The normalized spacial score (nSPS) is 10.1. The second-order valence-electron chi connectivity index (χ2n) is 7.43. The molecule has 0 bridgehead atoms. The van der Waals surface area contributed by atoms with Crippen LogP contribution >= 0.6 is 0 Å². The van der Waals surface area contributed by atoms with Gasteiger partial charge in [0.05, 0.1) is 14.8 Å². The van der Waals surface area contributed by atoms with Crippen molar-refractivity contribution in [1.82, 2.24) is 0 Å². The van der Waals surface area contributed by atoms with Crippen LogP contribution in [0, 0.1) is 30.3 Å². The average molecular weight is 539 g/mol. The first-order valence-corrected chi connectivity index (χ1v) is 10.7. The lowest BCUT2D eigenvalue weighted by Gasteiger charge is -2.11. The van der Waals surface area contributed by atoms with Crippen molar-refractivity contribution < 1.29 is 43.3 Å². The highest BCUT2D eigenvalue weighted by molar-refractivity contribution is 5.66. The maximum absolute atomic E-state index is 12.1. The smallest absolute Gasteiger partial charge is 0.429 e. The molecule has 0 spiro atoms. The third-order valence-corrected chi connectivity index (χ3v) is 4.72. The molecule has 15 heteroatoms. The van der Waals surface area contributed by atoms with Gasteiger partial charge in [-0.05, 0) is 48.0 Å². The molecule has 0 atom stereocenters. The lowest BCUT2D eigenvalue weighted by molar-refractivity contribution is -0.385. The molecule has 200 valence electrons. The minimum absolute atomic E-state index is 0.0191. The van der Waals surface area contributed by atoms with Crippen molar-refractivity contribution in [2.45, 2.75) is 0 Å². The van der Waals surface area contributed by atoms with Gasteiger partial charge in [0.25, 0.3) is 17.1 Å². The molecule has 0 aliphatic rings. The van der Waals surface area contributed by atoms with E-state index in [0.717, 1.165) is 24.3 Å². The van der Waals surface area contributed by atoms with Gasteiger partial charge >= 0.3 is 12.3 Å². The zero-order valence-corrected chi connectivity index (χ0v) is 19.7. The van der Waals surface area contributed by atoms with Crippen LogP contribution in [0.15, 0.2) is 78.4 Å². The molecule has 39 heavy (non-hydrogen) atoms. The summed E-state index contributed by atoms with van der Waals surface area (Å²) >= 11 is 0. The summed E-state index contributed by atoms with van der Waals surface area (Å²) in [5.41, 5.74) is 0.101. The molecule has 0 radical (unpaired) electrons. The number of carbonyl (C=O) groups excluding carboxylic acids is 2. The summed E-state index contributed by atoms with van der Waals surface area (Å²) in [7, 11) is 0. The van der Waals surface area contributed by atoms with Gasteiger partial charge in [0.2, 0.25) is 0 Å². The van der Waals surface area contributed by atoms with Crippen molar-refractivity contribution >= 4 is 35.4 Å². The molecule has 15 nitrogen and oxygen atoms in total. The Hall–Kier alpha value is -5.86. The summed E-state index contributed by atoms with van der Waals surface area (Å²) in [6, 6.07) is 14.7. The molecule has 0 N–H and O–H groups in total. The van der Waals surface area contributed by atoms with E-state index in [9.17, 15) is 39.9 Å². The van der Waals surface area contributed by atoms with Gasteiger partial charge < -0.3 is 18.9 Å². The lowest BCUT2D eigenvalue weighted by atomic mass is 10.1. The molecule has 0 amide bonds. The Morgan fingerprint density at radius 3 is 1.26 bits per heavy atom. The lowest BCUT2D eigenvalue weighted by Crippen LogP contribution is -2.17. The van der Waals surface area contributed by atoms with E-state index in [4.69, 9.17) is 18.9 Å². The largest absolute Gasteiger partial charge is 0.514 e. The highest BCUT2D eigenvalue weighted by Gasteiger charge is 2.14. The Morgan fingerprint density at radius 2 is 0.923 bits per heavy atom. The third kappa shape index (κ3) is 8.64. The SMILES string of the molecule is O=C(OCC(=Cc1ccc([N+](=O)[O-])cc1)COC(=O)Oc1ccc([N+](=O)[O-])cc1)Oc1ccc([N+](=O)[O-])cc1. The van der Waals surface area contributed by atoms with Gasteiger partial charge in [-0.3, -0.25) is 30.3 Å². The van der Waals surface area contributed by atoms with Crippen molar-refractivity contribution in [3.63, 3.8) is 0 Å². The number of hydrogen-bond acceptors (Lipinski definition) is 12. The van der Waals surface area contributed by atoms with Crippen LogP contribution in [0.3, 0.4) is 0 Å². The standard InChI is InChI=1S/C24H17N3O12/c28-23(38-21-9-5-19(6-10-21)26(32)33)36-14-17(13-16-1-3-18(4-2-16)25(30)31)15-37-24(29)39-22-11-7-20(8-12-22)27(34)35/h1-13H,14-15H2. The molecule has 0 saturated heterocycles. The third-order valence-electron chi connectivity index (χ3n) is 4.72. The minimum atomic E-state index is -1.16. The fourth-order valence-electron chi connectivity index (χ4n) is 2.88. The zero-order valence-electron chi connectivity index (χ0n) is 19.7. The summed E-state index contributed by atoms with van der Waals surface area (Å²) in [6.45, 7) is -0.874. The van der Waals surface area contributed by atoms with Gasteiger partial charge in [0.1, 0.15) is 24.7 Å². The molecular weight excluding hydrogens is 522 g/mol. The van der Waals surface area contributed by atoms with Crippen LogP contribution in [0.4, 0.5) is 26.7 Å². The molecule has 0 saturated carbocycles. The molecule has 0 fully saturated rings. The molecule has 0 aliphatic heterocycles. The Kier molecular flexibility index (Phi) is 9.17. The van der Waals surface area contributed by atoms with E-state index in [1.54, 1.807) is 0 Å². The van der Waals surface area contributed by atoms with Crippen molar-refractivity contribution in [2.75, 3.05) is 13.2 Å². The molecule has 3 rings (SSSR count). The van der Waals surface area contributed by atoms with Crippen molar-refractivity contribution in [1.29, 1.82) is 0 Å². The molecule has 0 unspecified atom stereocenters. The van der Waals surface area contributed by atoms with Gasteiger partial charge in [-0.25, -0.2) is 9.59 Å². The number of carbonyl (C=O) groups is 2. The van der Waals surface area contributed by atoms with Crippen LogP contribution < -0.4 is 9.47 Å². The predicted octanol–water partition coefficient (Wildman–Crippen LogP) is 5.23. The number of rotatable bonds is 10. The fraction of sp³-hybridized carbons (Fsp3) is 0.0833. The maximum Gasteiger partial charge on any atom is 0.514 e. The Balaban J connectivity index is 1.65. The quantitative estimate of drug-likeness (QED) is 0.141. The van der Waals surface area contributed by atoms with E-state index in [0.29, 0.717) is 5.56 Å². The molecule has 3 aromatic carbocycles. The molecule has 0 aliphatic carbocycles. The van der Waals surface area contributed by atoms with E-state index in [1.165, 1.54) is 54.6 Å². The van der Waals surface area contributed by atoms with Crippen molar-refractivity contribution in [3.8, 4) is 11.5 Å². The summed E-state index contributed by atoms with van der Waals surface area (Å²) in [6.07, 6.45) is -0.874. The van der Waals surface area contributed by atoms with Crippen LogP contribution in [0.25, 0.3) is 6.08 Å². The van der Waals surface area contributed by atoms with Crippen molar-refractivity contribution in [2.24, 2.45) is 0 Å². The summed E-state index contributed by atoms with van der Waals surface area (Å²) < 4.78 is 20.0. The predicted molar refractivity (Wildman–Crippen MR) is 131 cm³/mol. The number of nitro groups is 3. The number of nitrogens with zero attached hydrogens (tertiary/aromatic N) is 3. The monoisotopic (exact) mass is 539 g/mol. The second kappa shape index (κ2) is 12.9. The number of benzene rings is 3. The second-order valence-corrected chi connectivity index (χ2v) is 7.43. The molecule has 0 heterocycles. The molecular formula is C24H17N3O12. The van der Waals surface area contributed by atoms with Gasteiger partial charge in [-0.1, -0.05) is 0 Å². The first-order valence-electron chi connectivity index (χ1n) is 10.7. The van der Waals surface area contributed by atoms with Gasteiger partial charge in [-0.15, -0.1) is 0 Å². The Bertz CT molecular complexity index is 1320. The topological polar surface area (TPSA) is 200 Å². The van der Waals surface area contributed by atoms with Crippen molar-refractivity contribution in [3.05, 3.63) is 114 Å². The summed E-state index contributed by atoms with van der Waals surface area (Å²) in [5.74, 6) is -0.0381. The van der Waals surface area contributed by atoms with E-state index in [2.05, 4.69) is 0 Å². The first kappa shape index (κ1) is 27.7. The van der Waals surface area contributed by atoms with Crippen LogP contribution in [0.1, 0.15) is 5.56 Å². The van der Waals surface area contributed by atoms with Gasteiger partial charge in [0.15, 0.2) is 0 Å². The molecule has 3 aromatic rings. The van der Waals surface area contributed by atoms with Crippen LogP contribution in [0.5, 0.6) is 11.5 Å². The minimum Gasteiger partial charge on any atom is -0.429 e. The average Bonchev–Trinajstić information content (AvgIpc) is 2.91.